The van der Waals surface area contributed by atoms with Crippen molar-refractivity contribution in [3.05, 3.63) is 78.0 Å². The van der Waals surface area contributed by atoms with E-state index in [1.807, 2.05) is 0 Å². The maximum atomic E-state index is 14.2. The lowest BCUT2D eigenvalue weighted by Crippen LogP contribution is -2.17. The van der Waals surface area contributed by atoms with Crippen LogP contribution in [0.3, 0.4) is 0 Å². The van der Waals surface area contributed by atoms with Crippen molar-refractivity contribution in [3.63, 3.8) is 0 Å². The molecular formula is C22H13F4N5O2. The predicted octanol–water partition coefficient (Wildman–Crippen LogP) is 4.28. The highest BCUT2D eigenvalue weighted by atomic mass is 19.4. The molecule has 0 saturated heterocycles. The number of carbonyl (C=O) groups excluding carboxylic acids is 1. The number of ether oxygens (including phenoxy) is 1. The van der Waals surface area contributed by atoms with Crippen molar-refractivity contribution in [2.24, 2.45) is 0 Å². The summed E-state index contributed by atoms with van der Waals surface area (Å²) >= 11 is 0. The molecule has 4 aromatic rings. The van der Waals surface area contributed by atoms with E-state index >= 15 is 0 Å². The van der Waals surface area contributed by atoms with E-state index in [4.69, 9.17) is 0 Å². The summed E-state index contributed by atoms with van der Waals surface area (Å²) in [5, 5.41) is 7.27. The van der Waals surface area contributed by atoms with Gasteiger partial charge < -0.3 is 10.1 Å². The summed E-state index contributed by atoms with van der Waals surface area (Å²) in [5.74, 6) is -1.85. The van der Waals surface area contributed by atoms with Crippen LogP contribution in [0.25, 0.3) is 28.3 Å². The van der Waals surface area contributed by atoms with Crippen LogP contribution in [0.5, 0.6) is 5.75 Å². The molecule has 33 heavy (non-hydrogen) atoms. The maximum absolute atomic E-state index is 14.2. The molecule has 166 valence electrons. The number of rotatable bonds is 4. The van der Waals surface area contributed by atoms with Gasteiger partial charge in [0.25, 0.3) is 5.91 Å². The van der Waals surface area contributed by atoms with Crippen LogP contribution >= 0.6 is 0 Å². The highest BCUT2D eigenvalue weighted by molar-refractivity contribution is 5.99. The quantitative estimate of drug-likeness (QED) is 0.465. The van der Waals surface area contributed by atoms with Crippen molar-refractivity contribution in [1.29, 1.82) is 0 Å². The zero-order valence-corrected chi connectivity index (χ0v) is 16.6. The number of hydrogen-bond donors (Lipinski definition) is 1. The predicted molar refractivity (Wildman–Crippen MR) is 108 cm³/mol. The number of halogens is 4. The second kappa shape index (κ2) is 7.69. The lowest BCUT2D eigenvalue weighted by Gasteiger charge is -2.11. The smallest absolute Gasteiger partial charge is 0.406 e. The van der Waals surface area contributed by atoms with Crippen LogP contribution in [0.1, 0.15) is 15.9 Å². The van der Waals surface area contributed by atoms with Crippen LogP contribution in [0.4, 0.5) is 17.6 Å². The monoisotopic (exact) mass is 455 g/mol. The molecule has 3 aromatic heterocycles. The zero-order chi connectivity index (χ0) is 23.2. The molecule has 0 atom stereocenters. The van der Waals surface area contributed by atoms with Gasteiger partial charge in [0.2, 0.25) is 0 Å². The average molecular weight is 455 g/mol. The Morgan fingerprint density at radius 1 is 1.09 bits per heavy atom. The summed E-state index contributed by atoms with van der Waals surface area (Å²) in [5.41, 5.74) is 2.75. The number of hydrogen-bond acceptors (Lipinski definition) is 5. The zero-order valence-electron chi connectivity index (χ0n) is 16.6. The van der Waals surface area contributed by atoms with Gasteiger partial charge in [-0.25, -0.2) is 9.07 Å². The van der Waals surface area contributed by atoms with E-state index in [1.165, 1.54) is 17.1 Å². The van der Waals surface area contributed by atoms with E-state index in [2.05, 4.69) is 25.1 Å². The van der Waals surface area contributed by atoms with E-state index in [0.717, 1.165) is 12.1 Å². The van der Waals surface area contributed by atoms with Crippen LogP contribution in [-0.2, 0) is 6.54 Å². The second-order valence-electron chi connectivity index (χ2n) is 7.13. The lowest BCUT2D eigenvalue weighted by atomic mass is 10.1. The molecule has 0 saturated carbocycles. The van der Waals surface area contributed by atoms with Crippen LogP contribution in [0.2, 0.25) is 0 Å². The van der Waals surface area contributed by atoms with Crippen LogP contribution in [0, 0.1) is 5.82 Å². The molecule has 5 rings (SSSR count). The van der Waals surface area contributed by atoms with Crippen molar-refractivity contribution in [2.75, 3.05) is 0 Å². The minimum Gasteiger partial charge on any atom is -0.406 e. The Hall–Kier alpha value is -4.28. The third kappa shape index (κ3) is 4.00. The van der Waals surface area contributed by atoms with Gasteiger partial charge >= 0.3 is 6.36 Å². The fourth-order valence-electron chi connectivity index (χ4n) is 3.65. The van der Waals surface area contributed by atoms with Gasteiger partial charge in [0, 0.05) is 41.7 Å². The minimum atomic E-state index is -4.98. The first-order chi connectivity index (χ1) is 15.8. The molecule has 1 aromatic carbocycles. The molecule has 0 bridgehead atoms. The first-order valence-corrected chi connectivity index (χ1v) is 9.62. The number of aromatic nitrogens is 4. The van der Waals surface area contributed by atoms with E-state index in [-0.39, 0.29) is 23.7 Å². The lowest BCUT2D eigenvalue weighted by molar-refractivity contribution is -0.274. The molecule has 1 amide bonds. The molecule has 1 aliphatic rings. The minimum absolute atomic E-state index is 0.0960. The Balaban J connectivity index is 1.69. The molecule has 11 heteroatoms. The first kappa shape index (κ1) is 20.6. The maximum Gasteiger partial charge on any atom is 0.573 e. The standard InChI is InChI=1S/C22H13F4N5O2/c23-13-6-12(7-15(8-13)33-22(24,25)26)19-9-18(30-31(19)14-2-1-4-27-10-14)20-17-11-29-21(32)16(17)3-5-28-20/h1-10H,11H2,(H,29,32). The SMILES string of the molecule is O=C1NCc2c1ccnc2-c1cc(-c2cc(F)cc(OC(F)(F)F)c2)n(-c2cccnc2)n1. The van der Waals surface area contributed by atoms with Crippen molar-refractivity contribution in [3.8, 4) is 34.1 Å². The van der Waals surface area contributed by atoms with Crippen molar-refractivity contribution < 1.29 is 27.1 Å². The number of amides is 1. The van der Waals surface area contributed by atoms with Gasteiger partial charge in [-0.2, -0.15) is 5.10 Å². The summed E-state index contributed by atoms with van der Waals surface area (Å²) in [6.45, 7) is 0.260. The fraction of sp³-hybridized carbons (Fsp3) is 0.0909. The van der Waals surface area contributed by atoms with Crippen LogP contribution < -0.4 is 10.1 Å². The summed E-state index contributed by atoms with van der Waals surface area (Å²) in [4.78, 5) is 20.4. The van der Waals surface area contributed by atoms with Gasteiger partial charge in [0.1, 0.15) is 17.3 Å². The normalized spacial score (nSPS) is 13.0. The summed E-state index contributed by atoms with van der Waals surface area (Å²) in [6, 6.07) is 9.28. The van der Waals surface area contributed by atoms with Crippen molar-refractivity contribution in [1.82, 2.24) is 25.1 Å². The molecule has 4 heterocycles. The number of nitrogens with one attached hydrogen (secondary N) is 1. The van der Waals surface area contributed by atoms with Gasteiger partial charge in [-0.15, -0.1) is 13.2 Å². The third-order valence-corrected chi connectivity index (χ3v) is 4.97. The van der Waals surface area contributed by atoms with Gasteiger partial charge in [0.05, 0.1) is 23.3 Å². The van der Waals surface area contributed by atoms with E-state index < -0.39 is 17.9 Å². The molecule has 1 aliphatic heterocycles. The van der Waals surface area contributed by atoms with E-state index in [9.17, 15) is 22.4 Å². The number of alkyl halides is 3. The van der Waals surface area contributed by atoms with Crippen LogP contribution in [-0.4, -0.2) is 32.0 Å². The van der Waals surface area contributed by atoms with Gasteiger partial charge in [-0.05, 0) is 36.4 Å². The van der Waals surface area contributed by atoms with Crippen molar-refractivity contribution >= 4 is 5.91 Å². The van der Waals surface area contributed by atoms with Gasteiger partial charge in [0.15, 0.2) is 0 Å². The number of nitrogens with zero attached hydrogens (tertiary/aromatic N) is 4. The van der Waals surface area contributed by atoms with E-state index in [0.29, 0.717) is 34.3 Å². The molecule has 7 nitrogen and oxygen atoms in total. The second-order valence-corrected chi connectivity index (χ2v) is 7.13. The Bertz CT molecular complexity index is 1370. The van der Waals surface area contributed by atoms with E-state index in [1.54, 1.807) is 30.5 Å². The number of carbonyl (C=O) groups is 1. The van der Waals surface area contributed by atoms with Crippen molar-refractivity contribution in [2.45, 2.75) is 12.9 Å². The Morgan fingerprint density at radius 2 is 1.94 bits per heavy atom. The summed E-state index contributed by atoms with van der Waals surface area (Å²) in [7, 11) is 0. The third-order valence-electron chi connectivity index (χ3n) is 4.97. The summed E-state index contributed by atoms with van der Waals surface area (Å²) < 4.78 is 57.7. The summed E-state index contributed by atoms with van der Waals surface area (Å²) in [6.07, 6.45) is -0.457. The Labute approximate surface area is 183 Å². The largest absolute Gasteiger partial charge is 0.573 e. The molecule has 0 unspecified atom stereocenters. The molecule has 0 aliphatic carbocycles. The molecule has 1 N–H and O–H groups in total. The Morgan fingerprint density at radius 3 is 2.70 bits per heavy atom. The number of pyridine rings is 2. The van der Waals surface area contributed by atoms with Gasteiger partial charge in [-0.3, -0.25) is 14.8 Å². The Kier molecular flexibility index (Phi) is 4.81. The average Bonchev–Trinajstić information content (AvgIpc) is 3.37. The highest BCUT2D eigenvalue weighted by Crippen LogP contribution is 2.34. The molecule has 0 spiro atoms. The molecule has 0 radical (unpaired) electrons. The fourth-order valence-corrected chi connectivity index (χ4v) is 3.65. The topological polar surface area (TPSA) is 81.9 Å². The van der Waals surface area contributed by atoms with Gasteiger partial charge in [-0.1, -0.05) is 0 Å². The number of benzene rings is 1. The molecule has 0 fully saturated rings. The first-order valence-electron chi connectivity index (χ1n) is 9.62. The highest BCUT2D eigenvalue weighted by Gasteiger charge is 2.32. The van der Waals surface area contributed by atoms with Crippen LogP contribution in [0.15, 0.2) is 61.1 Å². The molecular weight excluding hydrogens is 442 g/mol. The number of fused-ring (bicyclic) bond motifs is 1.